The van der Waals surface area contributed by atoms with Crippen LogP contribution in [0.1, 0.15) is 70.1 Å². The van der Waals surface area contributed by atoms with Crippen molar-refractivity contribution >= 4 is 0 Å². The third-order valence-electron chi connectivity index (χ3n) is 5.17. The molecule has 0 amide bonds. The average Bonchev–Trinajstić information content (AvgIpc) is 2.67. The van der Waals surface area contributed by atoms with Crippen molar-refractivity contribution in [2.45, 2.75) is 71.8 Å². The Kier molecular flexibility index (Phi) is 7.22. The molecule has 0 bridgehead atoms. The van der Waals surface area contributed by atoms with Crippen molar-refractivity contribution in [1.82, 2.24) is 4.98 Å². The Hall–Kier alpha value is -1.87. The number of aryl methyl sites for hydroxylation is 2. The van der Waals surface area contributed by atoms with Gasteiger partial charge in [-0.3, -0.25) is 4.98 Å². The number of benzene rings is 1. The van der Waals surface area contributed by atoms with Crippen molar-refractivity contribution in [3.8, 4) is 17.0 Å². The highest BCUT2D eigenvalue weighted by Crippen LogP contribution is 2.39. The van der Waals surface area contributed by atoms with Crippen LogP contribution in [0, 0.1) is 0 Å². The lowest BCUT2D eigenvalue weighted by molar-refractivity contribution is 0.0145. The molecule has 1 N–H and O–H groups in total. The van der Waals surface area contributed by atoms with Crippen LogP contribution in [0.4, 0.5) is 0 Å². The monoisotopic (exact) mass is 355 g/mol. The first kappa shape index (κ1) is 20.4. The summed E-state index contributed by atoms with van der Waals surface area (Å²) in [7, 11) is 1.67. The molecule has 0 aliphatic rings. The van der Waals surface area contributed by atoms with Crippen molar-refractivity contribution in [2.75, 3.05) is 7.11 Å². The van der Waals surface area contributed by atoms with Gasteiger partial charge in [-0.15, -0.1) is 0 Å². The van der Waals surface area contributed by atoms with Gasteiger partial charge in [-0.2, -0.15) is 0 Å². The highest BCUT2D eigenvalue weighted by atomic mass is 16.5. The van der Waals surface area contributed by atoms with Gasteiger partial charge in [-0.05, 0) is 36.8 Å². The van der Waals surface area contributed by atoms with E-state index in [9.17, 15) is 5.11 Å². The fraction of sp³-hybridized carbons (Fsp3) is 0.522. The zero-order valence-corrected chi connectivity index (χ0v) is 16.9. The van der Waals surface area contributed by atoms with Crippen LogP contribution < -0.4 is 4.74 Å². The second-order valence-electron chi connectivity index (χ2n) is 6.96. The summed E-state index contributed by atoms with van der Waals surface area (Å²) >= 11 is 0. The molecule has 0 aliphatic heterocycles. The number of hydrogen-bond donors (Lipinski definition) is 1. The summed E-state index contributed by atoms with van der Waals surface area (Å²) in [5, 5.41) is 11.2. The minimum absolute atomic E-state index is 0.712. The topological polar surface area (TPSA) is 42.4 Å². The van der Waals surface area contributed by atoms with Crippen LogP contribution in [0.2, 0.25) is 0 Å². The molecule has 0 spiro atoms. The van der Waals surface area contributed by atoms with E-state index in [0.717, 1.165) is 42.7 Å². The van der Waals surface area contributed by atoms with Crippen LogP contribution >= 0.6 is 0 Å². The number of nitrogens with zero attached hydrogens (tertiary/aromatic N) is 1. The minimum Gasteiger partial charge on any atom is -0.496 e. The molecule has 2 rings (SSSR count). The van der Waals surface area contributed by atoms with E-state index in [0.29, 0.717) is 12.8 Å². The summed E-state index contributed by atoms with van der Waals surface area (Å²) in [6.07, 6.45) is 7.01. The van der Waals surface area contributed by atoms with Crippen LogP contribution in [0.3, 0.4) is 0 Å². The fourth-order valence-corrected chi connectivity index (χ4v) is 3.89. The summed E-state index contributed by atoms with van der Waals surface area (Å²) in [4.78, 5) is 4.77. The third kappa shape index (κ3) is 4.09. The van der Waals surface area contributed by atoms with Crippen LogP contribution in [0.5, 0.6) is 5.75 Å². The van der Waals surface area contributed by atoms with Gasteiger partial charge in [0.15, 0.2) is 0 Å². The van der Waals surface area contributed by atoms with E-state index in [2.05, 4.69) is 45.9 Å². The first-order chi connectivity index (χ1) is 12.5. The summed E-state index contributed by atoms with van der Waals surface area (Å²) in [5.74, 6) is 0.729. The lowest BCUT2D eigenvalue weighted by Gasteiger charge is -2.29. The molecule has 0 unspecified atom stereocenters. The lowest BCUT2D eigenvalue weighted by Crippen LogP contribution is -2.26. The molecule has 0 saturated heterocycles. The normalized spacial score (nSPS) is 11.6. The predicted molar refractivity (Wildman–Crippen MR) is 109 cm³/mol. The van der Waals surface area contributed by atoms with E-state index < -0.39 is 5.60 Å². The first-order valence-corrected chi connectivity index (χ1v) is 9.92. The van der Waals surface area contributed by atoms with Crippen molar-refractivity contribution in [3.63, 3.8) is 0 Å². The van der Waals surface area contributed by atoms with Crippen molar-refractivity contribution in [3.05, 3.63) is 47.2 Å². The molecule has 142 valence electrons. The Labute approximate surface area is 158 Å². The number of ether oxygens (including phenoxy) is 1. The summed E-state index contributed by atoms with van der Waals surface area (Å²) in [6, 6.07) is 8.45. The molecule has 3 nitrogen and oxygen atoms in total. The Balaban J connectivity index is 2.60. The smallest absolute Gasteiger partial charge is 0.128 e. The number of aliphatic hydroxyl groups is 1. The molecule has 1 aromatic carbocycles. The number of hydrogen-bond acceptors (Lipinski definition) is 3. The Bertz CT molecular complexity index is 696. The lowest BCUT2D eigenvalue weighted by atomic mass is 9.85. The molecule has 2 aromatic rings. The SMILES string of the molecule is CCCC(O)(CCC)c1cnc(-c2c(CC)cccc2CC)cc1OC. The number of rotatable bonds is 9. The predicted octanol–water partition coefficient (Wildman–Crippen LogP) is 5.67. The number of methoxy groups -OCH3 is 1. The summed E-state index contributed by atoms with van der Waals surface area (Å²) < 4.78 is 5.69. The molecule has 3 heteroatoms. The molecule has 1 heterocycles. The van der Waals surface area contributed by atoms with Gasteiger partial charge in [-0.1, -0.05) is 58.7 Å². The molecule has 0 atom stereocenters. The summed E-state index contributed by atoms with van der Waals surface area (Å²) in [6.45, 7) is 8.54. The van der Waals surface area contributed by atoms with Crippen molar-refractivity contribution in [2.24, 2.45) is 0 Å². The number of pyridine rings is 1. The quantitative estimate of drug-likeness (QED) is 0.630. The Morgan fingerprint density at radius 3 is 2.04 bits per heavy atom. The molecular formula is C23H33NO2. The molecule has 0 saturated carbocycles. The first-order valence-electron chi connectivity index (χ1n) is 9.92. The second-order valence-corrected chi connectivity index (χ2v) is 6.96. The van der Waals surface area contributed by atoms with Gasteiger partial charge in [-0.25, -0.2) is 0 Å². The van der Waals surface area contributed by atoms with Crippen LogP contribution in [-0.4, -0.2) is 17.2 Å². The van der Waals surface area contributed by atoms with Gasteiger partial charge in [0, 0.05) is 23.4 Å². The van der Waals surface area contributed by atoms with Gasteiger partial charge >= 0.3 is 0 Å². The van der Waals surface area contributed by atoms with E-state index in [1.807, 2.05) is 12.3 Å². The summed E-state index contributed by atoms with van der Waals surface area (Å²) in [5.41, 5.74) is 4.65. The van der Waals surface area contributed by atoms with E-state index in [1.165, 1.54) is 16.7 Å². The van der Waals surface area contributed by atoms with Gasteiger partial charge < -0.3 is 9.84 Å². The maximum Gasteiger partial charge on any atom is 0.128 e. The van der Waals surface area contributed by atoms with E-state index in [-0.39, 0.29) is 0 Å². The van der Waals surface area contributed by atoms with Crippen molar-refractivity contribution < 1.29 is 9.84 Å². The maximum atomic E-state index is 11.2. The van der Waals surface area contributed by atoms with Crippen molar-refractivity contribution in [1.29, 1.82) is 0 Å². The molecule has 0 aliphatic carbocycles. The molecule has 0 radical (unpaired) electrons. The van der Waals surface area contributed by atoms with Gasteiger partial charge in [0.2, 0.25) is 0 Å². The molecule has 26 heavy (non-hydrogen) atoms. The third-order valence-corrected chi connectivity index (χ3v) is 5.17. The van der Waals surface area contributed by atoms with E-state index in [1.54, 1.807) is 7.11 Å². The molecule has 1 aromatic heterocycles. The zero-order valence-electron chi connectivity index (χ0n) is 16.9. The second kappa shape index (κ2) is 9.18. The zero-order chi connectivity index (χ0) is 19.2. The molecular weight excluding hydrogens is 322 g/mol. The standard InChI is InChI=1S/C23H33NO2/c1-6-13-23(25,14-7-2)19-16-24-20(15-21(19)26-5)22-17(8-3)11-10-12-18(22)9-4/h10-12,15-16,25H,6-9,13-14H2,1-5H3. The maximum absolute atomic E-state index is 11.2. The van der Waals surface area contributed by atoms with Crippen LogP contribution in [0.25, 0.3) is 11.3 Å². The van der Waals surface area contributed by atoms with Crippen LogP contribution in [0.15, 0.2) is 30.5 Å². The minimum atomic E-state index is -0.877. The van der Waals surface area contributed by atoms with Crippen LogP contribution in [-0.2, 0) is 18.4 Å². The largest absolute Gasteiger partial charge is 0.496 e. The fourth-order valence-electron chi connectivity index (χ4n) is 3.89. The average molecular weight is 356 g/mol. The Morgan fingerprint density at radius 2 is 1.58 bits per heavy atom. The van der Waals surface area contributed by atoms with E-state index in [4.69, 9.17) is 9.72 Å². The number of aromatic nitrogens is 1. The molecule has 0 fully saturated rings. The highest BCUT2D eigenvalue weighted by Gasteiger charge is 2.31. The van der Waals surface area contributed by atoms with Gasteiger partial charge in [0.25, 0.3) is 0 Å². The Morgan fingerprint density at radius 1 is 1.00 bits per heavy atom. The highest BCUT2D eigenvalue weighted by molar-refractivity contribution is 5.69. The van der Waals surface area contributed by atoms with E-state index >= 15 is 0 Å². The van der Waals surface area contributed by atoms with Gasteiger partial charge in [0.05, 0.1) is 18.4 Å². The van der Waals surface area contributed by atoms with Gasteiger partial charge in [0.1, 0.15) is 5.75 Å².